The largest absolute Gasteiger partial charge is 0.381 e. The molecule has 0 aromatic heterocycles. The molecule has 1 saturated heterocycles. The van der Waals surface area contributed by atoms with Gasteiger partial charge in [-0.15, -0.1) is 0 Å². The zero-order valence-corrected chi connectivity index (χ0v) is 11.8. The summed E-state index contributed by atoms with van der Waals surface area (Å²) < 4.78 is 5.36. The number of rotatable bonds is 8. The van der Waals surface area contributed by atoms with E-state index in [2.05, 4.69) is 19.2 Å². The predicted octanol–water partition coefficient (Wildman–Crippen LogP) is 3.06. The SMILES string of the molecule is CCCCCCC=CC(=O)NCC1(C)CCOC1. The monoisotopic (exact) mass is 253 g/mol. The van der Waals surface area contributed by atoms with Crippen molar-refractivity contribution in [3.8, 4) is 0 Å². The van der Waals surface area contributed by atoms with Crippen molar-refractivity contribution >= 4 is 5.91 Å². The first-order chi connectivity index (χ1) is 8.66. The highest BCUT2D eigenvalue weighted by Gasteiger charge is 2.29. The first kappa shape index (κ1) is 15.2. The molecule has 0 saturated carbocycles. The summed E-state index contributed by atoms with van der Waals surface area (Å²) in [5.74, 6) is 0.0265. The number of hydrogen-bond donors (Lipinski definition) is 1. The second-order valence-corrected chi connectivity index (χ2v) is 5.58. The van der Waals surface area contributed by atoms with Crippen LogP contribution in [0.25, 0.3) is 0 Å². The Bertz CT molecular complexity index is 268. The van der Waals surface area contributed by atoms with Crippen molar-refractivity contribution < 1.29 is 9.53 Å². The van der Waals surface area contributed by atoms with Gasteiger partial charge in [0.15, 0.2) is 0 Å². The van der Waals surface area contributed by atoms with Crippen LogP contribution in [-0.2, 0) is 9.53 Å². The maximum Gasteiger partial charge on any atom is 0.243 e. The molecular weight excluding hydrogens is 226 g/mol. The van der Waals surface area contributed by atoms with Crippen molar-refractivity contribution in [1.29, 1.82) is 0 Å². The van der Waals surface area contributed by atoms with Crippen molar-refractivity contribution in [3.63, 3.8) is 0 Å². The summed E-state index contributed by atoms with van der Waals surface area (Å²) in [4.78, 5) is 11.6. The Balaban J connectivity index is 2.07. The number of allylic oxidation sites excluding steroid dienone is 1. The van der Waals surface area contributed by atoms with E-state index in [1.54, 1.807) is 6.08 Å². The van der Waals surface area contributed by atoms with E-state index >= 15 is 0 Å². The molecule has 0 aromatic carbocycles. The lowest BCUT2D eigenvalue weighted by Gasteiger charge is -2.21. The molecule has 1 atom stereocenters. The molecule has 0 bridgehead atoms. The first-order valence-corrected chi connectivity index (χ1v) is 7.18. The lowest BCUT2D eigenvalue weighted by atomic mass is 9.90. The van der Waals surface area contributed by atoms with E-state index < -0.39 is 0 Å². The van der Waals surface area contributed by atoms with E-state index in [0.29, 0.717) is 6.54 Å². The van der Waals surface area contributed by atoms with Crippen molar-refractivity contribution in [2.24, 2.45) is 5.41 Å². The molecule has 0 radical (unpaired) electrons. The van der Waals surface area contributed by atoms with E-state index in [1.807, 2.05) is 6.08 Å². The molecule has 1 aliphatic heterocycles. The Morgan fingerprint density at radius 3 is 2.89 bits per heavy atom. The molecule has 1 rings (SSSR count). The van der Waals surface area contributed by atoms with Crippen LogP contribution in [0.15, 0.2) is 12.2 Å². The van der Waals surface area contributed by atoms with Crippen molar-refractivity contribution in [1.82, 2.24) is 5.32 Å². The lowest BCUT2D eigenvalue weighted by Crippen LogP contribution is -2.35. The fourth-order valence-corrected chi connectivity index (χ4v) is 2.09. The summed E-state index contributed by atoms with van der Waals surface area (Å²) in [6.07, 6.45) is 10.7. The minimum atomic E-state index is 0.0265. The third-order valence-corrected chi connectivity index (χ3v) is 3.48. The molecule has 104 valence electrons. The molecule has 1 unspecified atom stereocenters. The third-order valence-electron chi connectivity index (χ3n) is 3.48. The Morgan fingerprint density at radius 1 is 1.39 bits per heavy atom. The number of nitrogens with one attached hydrogen (secondary N) is 1. The van der Waals surface area contributed by atoms with Crippen LogP contribution in [0, 0.1) is 5.41 Å². The van der Waals surface area contributed by atoms with Crippen LogP contribution >= 0.6 is 0 Å². The maximum absolute atomic E-state index is 11.6. The number of hydrogen-bond acceptors (Lipinski definition) is 2. The second-order valence-electron chi connectivity index (χ2n) is 5.58. The fourth-order valence-electron chi connectivity index (χ4n) is 2.09. The molecular formula is C15H27NO2. The molecule has 1 amide bonds. The van der Waals surface area contributed by atoms with Gasteiger partial charge in [-0.2, -0.15) is 0 Å². The maximum atomic E-state index is 11.6. The van der Waals surface area contributed by atoms with E-state index in [0.717, 1.165) is 26.1 Å². The summed E-state index contributed by atoms with van der Waals surface area (Å²) in [7, 11) is 0. The van der Waals surface area contributed by atoms with Gasteiger partial charge in [-0.25, -0.2) is 0 Å². The Morgan fingerprint density at radius 2 is 2.22 bits per heavy atom. The highest BCUT2D eigenvalue weighted by Crippen LogP contribution is 2.26. The zero-order chi connectivity index (χ0) is 13.3. The predicted molar refractivity (Wildman–Crippen MR) is 74.5 cm³/mol. The van der Waals surface area contributed by atoms with Crippen LogP contribution in [0.2, 0.25) is 0 Å². The van der Waals surface area contributed by atoms with Gasteiger partial charge in [-0.05, 0) is 25.3 Å². The second kappa shape index (κ2) is 8.30. The van der Waals surface area contributed by atoms with Crippen molar-refractivity contribution in [3.05, 3.63) is 12.2 Å². The standard InChI is InChI=1S/C15H27NO2/c1-3-4-5-6-7-8-9-14(17)16-12-15(2)10-11-18-13-15/h8-9H,3-7,10-13H2,1-2H3,(H,16,17). The van der Waals surface area contributed by atoms with Gasteiger partial charge in [-0.3, -0.25) is 4.79 Å². The molecule has 3 nitrogen and oxygen atoms in total. The molecule has 18 heavy (non-hydrogen) atoms. The van der Waals surface area contributed by atoms with Crippen LogP contribution in [0.3, 0.4) is 0 Å². The average Bonchev–Trinajstić information content (AvgIpc) is 2.79. The highest BCUT2D eigenvalue weighted by atomic mass is 16.5. The number of carbonyl (C=O) groups excluding carboxylic acids is 1. The van der Waals surface area contributed by atoms with Crippen molar-refractivity contribution in [2.75, 3.05) is 19.8 Å². The van der Waals surface area contributed by atoms with E-state index in [-0.39, 0.29) is 11.3 Å². The fraction of sp³-hybridized carbons (Fsp3) is 0.800. The summed E-state index contributed by atoms with van der Waals surface area (Å²) in [6.45, 7) is 6.66. The number of carbonyl (C=O) groups is 1. The van der Waals surface area contributed by atoms with Gasteiger partial charge in [0.2, 0.25) is 5.91 Å². The van der Waals surface area contributed by atoms with Gasteiger partial charge < -0.3 is 10.1 Å². The highest BCUT2D eigenvalue weighted by molar-refractivity contribution is 5.87. The van der Waals surface area contributed by atoms with Gasteiger partial charge in [-0.1, -0.05) is 39.2 Å². The lowest BCUT2D eigenvalue weighted by molar-refractivity contribution is -0.117. The van der Waals surface area contributed by atoms with E-state index in [1.165, 1.54) is 25.7 Å². The van der Waals surface area contributed by atoms with Gasteiger partial charge in [0.25, 0.3) is 0 Å². The van der Waals surface area contributed by atoms with Crippen LogP contribution in [0.4, 0.5) is 0 Å². The molecule has 1 heterocycles. The average molecular weight is 253 g/mol. The first-order valence-electron chi connectivity index (χ1n) is 7.18. The molecule has 0 aliphatic carbocycles. The minimum Gasteiger partial charge on any atom is -0.381 e. The van der Waals surface area contributed by atoms with Crippen LogP contribution in [-0.4, -0.2) is 25.7 Å². The Labute approximate surface area is 111 Å². The van der Waals surface area contributed by atoms with E-state index in [9.17, 15) is 4.79 Å². The number of amides is 1. The normalized spacial score (nSPS) is 23.7. The van der Waals surface area contributed by atoms with Gasteiger partial charge in [0.1, 0.15) is 0 Å². The summed E-state index contributed by atoms with van der Waals surface area (Å²) in [6, 6.07) is 0. The summed E-state index contributed by atoms with van der Waals surface area (Å²) in [5, 5.41) is 2.96. The van der Waals surface area contributed by atoms with Crippen molar-refractivity contribution in [2.45, 2.75) is 52.4 Å². The number of ether oxygens (including phenoxy) is 1. The van der Waals surface area contributed by atoms with Crippen LogP contribution in [0.1, 0.15) is 52.4 Å². The molecule has 1 aliphatic rings. The smallest absolute Gasteiger partial charge is 0.243 e. The van der Waals surface area contributed by atoms with Crippen LogP contribution < -0.4 is 5.32 Å². The zero-order valence-electron chi connectivity index (χ0n) is 11.8. The molecule has 1 N–H and O–H groups in total. The van der Waals surface area contributed by atoms with Gasteiger partial charge in [0, 0.05) is 18.6 Å². The Kier molecular flexibility index (Phi) is 7.02. The molecule has 0 aromatic rings. The minimum absolute atomic E-state index is 0.0265. The van der Waals surface area contributed by atoms with Gasteiger partial charge >= 0.3 is 0 Å². The van der Waals surface area contributed by atoms with Gasteiger partial charge in [0.05, 0.1) is 6.61 Å². The third kappa shape index (κ3) is 6.20. The summed E-state index contributed by atoms with van der Waals surface area (Å²) in [5.41, 5.74) is 0.130. The summed E-state index contributed by atoms with van der Waals surface area (Å²) >= 11 is 0. The molecule has 0 spiro atoms. The topological polar surface area (TPSA) is 38.3 Å². The quantitative estimate of drug-likeness (QED) is 0.533. The van der Waals surface area contributed by atoms with E-state index in [4.69, 9.17) is 4.74 Å². The number of unbranched alkanes of at least 4 members (excludes halogenated alkanes) is 4. The molecule has 1 fully saturated rings. The molecule has 3 heteroatoms. The van der Waals surface area contributed by atoms with Crippen LogP contribution in [0.5, 0.6) is 0 Å². The Hall–Kier alpha value is -0.830.